The summed E-state index contributed by atoms with van der Waals surface area (Å²) in [5.74, 6) is 6.05. The number of carbonyl (C=O) groups excluding carboxylic acids is 1. The summed E-state index contributed by atoms with van der Waals surface area (Å²) in [7, 11) is 0. The van der Waals surface area contributed by atoms with E-state index < -0.39 is 0 Å². The minimum Gasteiger partial charge on any atom is -0.322 e. The summed E-state index contributed by atoms with van der Waals surface area (Å²) in [6.07, 6.45) is 5.42. The molecule has 2 aromatic carbocycles. The molecule has 8 nitrogen and oxygen atoms in total. The van der Waals surface area contributed by atoms with Crippen molar-refractivity contribution in [3.63, 3.8) is 0 Å². The molecule has 3 N–H and O–H groups in total. The van der Waals surface area contributed by atoms with E-state index in [1.807, 2.05) is 31.2 Å². The molecule has 1 unspecified atom stereocenters. The molecule has 2 aromatic heterocycles. The van der Waals surface area contributed by atoms with Gasteiger partial charge in [0.1, 0.15) is 11.2 Å². The molecule has 2 aliphatic rings. The SMILES string of the molecule is Cc1ccc(C(=O)Nc2ccc3c(c2)CCC3N2CCNCC2)cc1C#Cc1cnc2[nH]ncc2n1. The number of fused-ring (bicyclic) bond motifs is 2. The normalized spacial score (nSPS) is 17.4. The zero-order chi connectivity index (χ0) is 24.5. The highest BCUT2D eigenvalue weighted by molar-refractivity contribution is 6.04. The van der Waals surface area contributed by atoms with Crippen molar-refractivity contribution in [2.75, 3.05) is 31.5 Å². The van der Waals surface area contributed by atoms with Gasteiger partial charge in [-0.15, -0.1) is 0 Å². The van der Waals surface area contributed by atoms with Crippen molar-refractivity contribution in [3.8, 4) is 11.8 Å². The van der Waals surface area contributed by atoms with Crippen LogP contribution in [0.1, 0.15) is 50.8 Å². The minimum absolute atomic E-state index is 0.144. The lowest BCUT2D eigenvalue weighted by molar-refractivity contribution is 0.102. The number of H-pyrrole nitrogens is 1. The Morgan fingerprint density at radius 3 is 2.89 bits per heavy atom. The van der Waals surface area contributed by atoms with Crippen LogP contribution in [0, 0.1) is 18.8 Å². The monoisotopic (exact) mass is 477 g/mol. The number of nitrogens with zero attached hydrogens (tertiary/aromatic N) is 4. The van der Waals surface area contributed by atoms with E-state index in [1.165, 1.54) is 11.1 Å². The third-order valence-corrected chi connectivity index (χ3v) is 7.02. The summed E-state index contributed by atoms with van der Waals surface area (Å²) >= 11 is 0. The van der Waals surface area contributed by atoms with Crippen LogP contribution in [0.3, 0.4) is 0 Å². The van der Waals surface area contributed by atoms with Crippen LogP contribution in [-0.4, -0.2) is 57.2 Å². The number of hydrogen-bond donors (Lipinski definition) is 3. The van der Waals surface area contributed by atoms with Gasteiger partial charge in [-0.25, -0.2) is 9.97 Å². The molecular weight excluding hydrogens is 450 g/mol. The molecule has 4 aromatic rings. The summed E-state index contributed by atoms with van der Waals surface area (Å²) in [6, 6.07) is 12.4. The van der Waals surface area contributed by atoms with Crippen molar-refractivity contribution in [3.05, 3.63) is 82.3 Å². The highest BCUT2D eigenvalue weighted by Crippen LogP contribution is 2.37. The van der Waals surface area contributed by atoms with E-state index in [1.54, 1.807) is 12.4 Å². The molecule has 0 saturated carbocycles. The van der Waals surface area contributed by atoms with E-state index in [0.717, 1.165) is 55.8 Å². The van der Waals surface area contributed by atoms with Crippen molar-refractivity contribution in [1.82, 2.24) is 30.4 Å². The van der Waals surface area contributed by atoms with Gasteiger partial charge in [-0.3, -0.25) is 14.8 Å². The lowest BCUT2D eigenvalue weighted by Crippen LogP contribution is -2.44. The molecule has 0 bridgehead atoms. The maximum Gasteiger partial charge on any atom is 0.255 e. The number of aromatic amines is 1. The highest BCUT2D eigenvalue weighted by Gasteiger charge is 2.28. The van der Waals surface area contributed by atoms with Gasteiger partial charge in [-0.1, -0.05) is 18.1 Å². The molecule has 8 heteroatoms. The highest BCUT2D eigenvalue weighted by atomic mass is 16.1. The number of aryl methyl sites for hydroxylation is 2. The van der Waals surface area contributed by atoms with Crippen molar-refractivity contribution in [1.29, 1.82) is 0 Å². The number of piperazine rings is 1. The van der Waals surface area contributed by atoms with E-state index >= 15 is 0 Å². The summed E-state index contributed by atoms with van der Waals surface area (Å²) in [5, 5.41) is 13.2. The molecule has 1 aliphatic carbocycles. The number of hydrogen-bond acceptors (Lipinski definition) is 6. The minimum atomic E-state index is -0.144. The quantitative estimate of drug-likeness (QED) is 0.392. The zero-order valence-electron chi connectivity index (χ0n) is 20.1. The molecule has 0 spiro atoms. The van der Waals surface area contributed by atoms with Crippen LogP contribution in [0.15, 0.2) is 48.8 Å². The van der Waals surface area contributed by atoms with Gasteiger partial charge in [-0.2, -0.15) is 5.10 Å². The molecular formula is C28H27N7O. The van der Waals surface area contributed by atoms with Crippen molar-refractivity contribution >= 4 is 22.8 Å². The van der Waals surface area contributed by atoms with Crippen LogP contribution in [0.2, 0.25) is 0 Å². The number of aromatic nitrogens is 4. The van der Waals surface area contributed by atoms with Gasteiger partial charge in [0.25, 0.3) is 5.91 Å². The smallest absolute Gasteiger partial charge is 0.255 e. The van der Waals surface area contributed by atoms with E-state index in [0.29, 0.717) is 28.5 Å². The standard InChI is InChI=1S/C28H27N7O/c1-18-2-3-21(14-19(18)4-6-23-16-30-27-25(32-23)17-31-34-27)28(36)33-22-7-8-24-20(15-22)5-9-26(24)35-12-10-29-11-13-35/h2-3,7-8,14-17,26,29H,5,9-13H2,1H3,(H,33,36)(H,30,31,34). The van der Waals surface area contributed by atoms with Gasteiger partial charge in [0.05, 0.1) is 12.4 Å². The molecule has 180 valence electrons. The summed E-state index contributed by atoms with van der Waals surface area (Å²) in [6.45, 7) is 6.26. The fourth-order valence-electron chi connectivity index (χ4n) is 5.07. The van der Waals surface area contributed by atoms with E-state index in [9.17, 15) is 4.79 Å². The van der Waals surface area contributed by atoms with Crippen LogP contribution >= 0.6 is 0 Å². The predicted molar refractivity (Wildman–Crippen MR) is 139 cm³/mol. The molecule has 3 heterocycles. The lowest BCUT2D eigenvalue weighted by Gasteiger charge is -2.33. The van der Waals surface area contributed by atoms with Crippen molar-refractivity contribution < 1.29 is 4.79 Å². The maximum atomic E-state index is 13.1. The fraction of sp³-hybridized carbons (Fsp3) is 0.286. The Kier molecular flexibility index (Phi) is 5.93. The Morgan fingerprint density at radius 1 is 1.11 bits per heavy atom. The maximum absolute atomic E-state index is 13.1. The van der Waals surface area contributed by atoms with E-state index in [-0.39, 0.29) is 5.91 Å². The number of benzene rings is 2. The Balaban J connectivity index is 1.18. The summed E-state index contributed by atoms with van der Waals surface area (Å²) in [5.41, 5.74) is 7.76. The van der Waals surface area contributed by atoms with Crippen LogP contribution in [0.5, 0.6) is 0 Å². The zero-order valence-corrected chi connectivity index (χ0v) is 20.1. The van der Waals surface area contributed by atoms with Crippen LogP contribution in [-0.2, 0) is 6.42 Å². The average Bonchev–Trinajstić information content (AvgIpc) is 3.55. The van der Waals surface area contributed by atoms with Gasteiger partial charge >= 0.3 is 0 Å². The lowest BCUT2D eigenvalue weighted by atomic mass is 10.0. The third kappa shape index (κ3) is 4.47. The van der Waals surface area contributed by atoms with Gasteiger partial charge in [0.2, 0.25) is 0 Å². The Morgan fingerprint density at radius 2 is 2.00 bits per heavy atom. The Labute approximate surface area is 209 Å². The van der Waals surface area contributed by atoms with Crippen LogP contribution in [0.25, 0.3) is 11.2 Å². The van der Waals surface area contributed by atoms with Crippen molar-refractivity contribution in [2.24, 2.45) is 0 Å². The number of amides is 1. The first-order chi connectivity index (χ1) is 17.6. The van der Waals surface area contributed by atoms with E-state index in [2.05, 4.69) is 59.7 Å². The van der Waals surface area contributed by atoms with E-state index in [4.69, 9.17) is 0 Å². The molecule has 1 atom stereocenters. The molecule has 6 rings (SSSR count). The molecule has 1 fully saturated rings. The first kappa shape index (κ1) is 22.4. The number of rotatable bonds is 3. The van der Waals surface area contributed by atoms with Gasteiger partial charge in [0.15, 0.2) is 5.65 Å². The third-order valence-electron chi connectivity index (χ3n) is 7.02. The average molecular weight is 478 g/mol. The summed E-state index contributed by atoms with van der Waals surface area (Å²) < 4.78 is 0. The number of anilines is 1. The first-order valence-electron chi connectivity index (χ1n) is 12.3. The Hall–Kier alpha value is -4.06. The number of nitrogens with one attached hydrogen (secondary N) is 3. The predicted octanol–water partition coefficient (Wildman–Crippen LogP) is 3.21. The first-order valence-corrected chi connectivity index (χ1v) is 12.3. The number of carbonyl (C=O) groups is 1. The fourth-order valence-corrected chi connectivity index (χ4v) is 5.07. The molecule has 1 amide bonds. The summed E-state index contributed by atoms with van der Waals surface area (Å²) in [4.78, 5) is 24.4. The molecule has 1 aliphatic heterocycles. The van der Waals surface area contributed by atoms with Gasteiger partial charge in [-0.05, 0) is 66.6 Å². The molecule has 0 radical (unpaired) electrons. The van der Waals surface area contributed by atoms with Crippen molar-refractivity contribution in [2.45, 2.75) is 25.8 Å². The largest absolute Gasteiger partial charge is 0.322 e. The second-order valence-corrected chi connectivity index (χ2v) is 9.35. The molecule has 1 saturated heterocycles. The Bertz CT molecular complexity index is 1510. The second kappa shape index (κ2) is 9.53. The second-order valence-electron chi connectivity index (χ2n) is 9.35. The van der Waals surface area contributed by atoms with Gasteiger partial charge in [0, 0.05) is 49.0 Å². The van der Waals surface area contributed by atoms with Crippen LogP contribution in [0.4, 0.5) is 5.69 Å². The van der Waals surface area contributed by atoms with Crippen LogP contribution < -0.4 is 10.6 Å². The molecule has 36 heavy (non-hydrogen) atoms. The topological polar surface area (TPSA) is 98.8 Å². The van der Waals surface area contributed by atoms with Gasteiger partial charge < -0.3 is 10.6 Å².